The number of carbonyl (C=O) groups excluding carboxylic acids is 2. The summed E-state index contributed by atoms with van der Waals surface area (Å²) in [5.41, 5.74) is 0.437. The van der Waals surface area contributed by atoms with Crippen molar-refractivity contribution < 1.29 is 14.1 Å². The molecule has 0 radical (unpaired) electrons. The third-order valence-electron chi connectivity index (χ3n) is 3.94. The maximum absolute atomic E-state index is 12.5. The molecule has 1 aromatic carbocycles. The summed E-state index contributed by atoms with van der Waals surface area (Å²) in [4.78, 5) is 24.9. The second-order valence-corrected chi connectivity index (χ2v) is 6.21. The maximum atomic E-state index is 12.5. The van der Waals surface area contributed by atoms with E-state index in [1.165, 1.54) is 0 Å². The number of aromatic nitrogens is 1. The quantitative estimate of drug-likeness (QED) is 0.841. The van der Waals surface area contributed by atoms with Gasteiger partial charge in [0.2, 0.25) is 11.8 Å². The predicted octanol–water partition coefficient (Wildman–Crippen LogP) is 3.30. The highest BCUT2D eigenvalue weighted by molar-refractivity contribution is 6.31. The number of aryl methyl sites for hydroxylation is 2. The first kappa shape index (κ1) is 15.6. The van der Waals surface area contributed by atoms with Crippen LogP contribution in [-0.2, 0) is 9.59 Å². The third-order valence-corrected chi connectivity index (χ3v) is 4.17. The molecule has 0 aliphatic heterocycles. The number of rotatable bonds is 4. The minimum absolute atomic E-state index is 0.311. The Morgan fingerprint density at radius 2 is 1.87 bits per heavy atom. The van der Waals surface area contributed by atoms with Gasteiger partial charge < -0.3 is 15.2 Å². The van der Waals surface area contributed by atoms with Gasteiger partial charge in [-0.3, -0.25) is 9.59 Å². The van der Waals surface area contributed by atoms with E-state index in [-0.39, 0.29) is 11.8 Å². The van der Waals surface area contributed by atoms with Crippen molar-refractivity contribution >= 4 is 34.9 Å². The van der Waals surface area contributed by atoms with Crippen molar-refractivity contribution in [3.05, 3.63) is 40.6 Å². The van der Waals surface area contributed by atoms with Gasteiger partial charge in [-0.1, -0.05) is 22.8 Å². The lowest BCUT2D eigenvalue weighted by Crippen LogP contribution is -2.35. The summed E-state index contributed by atoms with van der Waals surface area (Å²) in [7, 11) is 0. The fourth-order valence-electron chi connectivity index (χ4n) is 2.31. The molecule has 1 aliphatic rings. The predicted molar refractivity (Wildman–Crippen MR) is 86.4 cm³/mol. The molecule has 1 aliphatic carbocycles. The minimum atomic E-state index is -1.05. The molecule has 1 saturated carbocycles. The van der Waals surface area contributed by atoms with Crippen LogP contribution in [0.5, 0.6) is 0 Å². The van der Waals surface area contributed by atoms with Crippen molar-refractivity contribution in [2.75, 3.05) is 10.6 Å². The Morgan fingerprint density at radius 1 is 1.17 bits per heavy atom. The van der Waals surface area contributed by atoms with Gasteiger partial charge in [-0.05, 0) is 44.4 Å². The largest absolute Gasteiger partial charge is 0.360 e. The summed E-state index contributed by atoms with van der Waals surface area (Å²) in [5, 5.41) is 9.66. The standard InChI is InChI=1S/C16H16ClN3O3/c1-9-3-4-11(17)8-12(9)18-14(21)16(5-6-16)15(22)19-13-7-10(2)23-20-13/h3-4,7-8H,5-6H2,1-2H3,(H,18,21)(H,19,20,22). The number of carbonyl (C=O) groups is 2. The van der Waals surface area contributed by atoms with Crippen LogP contribution in [0.2, 0.25) is 5.02 Å². The second kappa shape index (κ2) is 5.70. The van der Waals surface area contributed by atoms with Crippen LogP contribution in [0.4, 0.5) is 11.5 Å². The van der Waals surface area contributed by atoms with Crippen molar-refractivity contribution in [1.29, 1.82) is 0 Å². The van der Waals surface area contributed by atoms with Crippen molar-refractivity contribution in [3.8, 4) is 0 Å². The Labute approximate surface area is 138 Å². The maximum Gasteiger partial charge on any atom is 0.241 e. The topological polar surface area (TPSA) is 84.2 Å². The number of halogens is 1. The zero-order valence-corrected chi connectivity index (χ0v) is 13.5. The Kier molecular flexibility index (Phi) is 3.85. The lowest BCUT2D eigenvalue weighted by molar-refractivity contribution is -0.131. The van der Waals surface area contributed by atoms with Gasteiger partial charge in [-0.15, -0.1) is 0 Å². The first-order chi connectivity index (χ1) is 10.9. The zero-order valence-electron chi connectivity index (χ0n) is 12.8. The van der Waals surface area contributed by atoms with Crippen LogP contribution in [0, 0.1) is 19.3 Å². The second-order valence-electron chi connectivity index (χ2n) is 5.77. The number of amides is 2. The molecule has 6 nitrogen and oxygen atoms in total. The zero-order chi connectivity index (χ0) is 16.6. The van der Waals surface area contributed by atoms with Crippen LogP contribution in [0.25, 0.3) is 0 Å². The van der Waals surface area contributed by atoms with Crippen LogP contribution in [0.3, 0.4) is 0 Å². The number of hydrogen-bond donors (Lipinski definition) is 2. The van der Waals surface area contributed by atoms with E-state index in [0.717, 1.165) is 5.56 Å². The summed E-state index contributed by atoms with van der Waals surface area (Å²) in [6, 6.07) is 6.84. The number of nitrogens with zero attached hydrogens (tertiary/aromatic N) is 1. The highest BCUT2D eigenvalue weighted by Gasteiger charge is 2.56. The van der Waals surface area contributed by atoms with Gasteiger partial charge in [0.15, 0.2) is 5.82 Å². The molecule has 0 atom stereocenters. The van der Waals surface area contributed by atoms with Gasteiger partial charge in [0.1, 0.15) is 11.2 Å². The van der Waals surface area contributed by atoms with Gasteiger partial charge in [0, 0.05) is 16.8 Å². The van der Waals surface area contributed by atoms with Gasteiger partial charge in [0.05, 0.1) is 0 Å². The number of benzene rings is 1. The van der Waals surface area contributed by atoms with Crippen LogP contribution in [-0.4, -0.2) is 17.0 Å². The van der Waals surface area contributed by atoms with Crippen LogP contribution < -0.4 is 10.6 Å². The van der Waals surface area contributed by atoms with E-state index in [9.17, 15) is 9.59 Å². The first-order valence-corrected chi connectivity index (χ1v) is 7.61. The molecule has 0 saturated heterocycles. The Bertz CT molecular complexity index is 781. The molecule has 3 rings (SSSR count). The third kappa shape index (κ3) is 3.07. The van der Waals surface area contributed by atoms with Gasteiger partial charge in [-0.2, -0.15) is 0 Å². The monoisotopic (exact) mass is 333 g/mol. The molecular formula is C16H16ClN3O3. The van der Waals surface area contributed by atoms with Crippen LogP contribution >= 0.6 is 11.6 Å². The van der Waals surface area contributed by atoms with Gasteiger partial charge >= 0.3 is 0 Å². The SMILES string of the molecule is Cc1cc(NC(=O)C2(C(=O)Nc3cc(Cl)ccc3C)CC2)no1. The summed E-state index contributed by atoms with van der Waals surface area (Å²) in [6.45, 7) is 3.59. The number of anilines is 2. The molecule has 1 aromatic heterocycles. The Balaban J connectivity index is 1.73. The molecule has 0 bridgehead atoms. The lowest BCUT2D eigenvalue weighted by atomic mass is 10.0. The fraction of sp³-hybridized carbons (Fsp3) is 0.312. The van der Waals surface area contributed by atoms with Crippen molar-refractivity contribution in [2.24, 2.45) is 5.41 Å². The van der Waals surface area contributed by atoms with Crippen molar-refractivity contribution in [1.82, 2.24) is 5.16 Å². The van der Waals surface area contributed by atoms with Gasteiger partial charge in [-0.25, -0.2) is 0 Å². The van der Waals surface area contributed by atoms with Crippen LogP contribution in [0.1, 0.15) is 24.2 Å². The number of hydrogen-bond acceptors (Lipinski definition) is 4. The van der Waals surface area contributed by atoms with E-state index in [4.69, 9.17) is 16.1 Å². The van der Waals surface area contributed by atoms with Gasteiger partial charge in [0.25, 0.3) is 0 Å². The van der Waals surface area contributed by atoms with E-state index < -0.39 is 5.41 Å². The van der Waals surface area contributed by atoms with Crippen LogP contribution in [0.15, 0.2) is 28.8 Å². The average molecular weight is 334 g/mol. The summed E-state index contributed by atoms with van der Waals surface area (Å²) >= 11 is 5.95. The molecule has 1 heterocycles. The average Bonchev–Trinajstić information content (AvgIpc) is 3.22. The normalized spacial score (nSPS) is 15.1. The highest BCUT2D eigenvalue weighted by atomic mass is 35.5. The van der Waals surface area contributed by atoms with E-state index in [1.807, 2.05) is 13.0 Å². The van der Waals surface area contributed by atoms with E-state index in [2.05, 4.69) is 15.8 Å². The molecule has 2 N–H and O–H groups in total. The molecule has 0 unspecified atom stereocenters. The smallest absolute Gasteiger partial charge is 0.241 e. The molecule has 2 aromatic rings. The molecule has 2 amide bonds. The highest BCUT2D eigenvalue weighted by Crippen LogP contribution is 2.47. The minimum Gasteiger partial charge on any atom is -0.360 e. The van der Waals surface area contributed by atoms with E-state index >= 15 is 0 Å². The molecule has 0 spiro atoms. The molecule has 1 fully saturated rings. The lowest BCUT2D eigenvalue weighted by Gasteiger charge is -2.15. The van der Waals surface area contributed by atoms with Crippen molar-refractivity contribution in [2.45, 2.75) is 26.7 Å². The molecule has 120 valence electrons. The summed E-state index contributed by atoms with van der Waals surface area (Å²) < 4.78 is 4.90. The number of nitrogens with one attached hydrogen (secondary N) is 2. The Morgan fingerprint density at radius 3 is 2.48 bits per heavy atom. The van der Waals surface area contributed by atoms with E-state index in [1.54, 1.807) is 25.1 Å². The fourth-order valence-corrected chi connectivity index (χ4v) is 2.49. The molecule has 7 heteroatoms. The Hall–Kier alpha value is -2.34. The van der Waals surface area contributed by atoms with Crippen molar-refractivity contribution in [3.63, 3.8) is 0 Å². The molecule has 23 heavy (non-hydrogen) atoms. The summed E-state index contributed by atoms with van der Waals surface area (Å²) in [6.07, 6.45) is 1.00. The molecular weight excluding hydrogens is 318 g/mol. The van der Waals surface area contributed by atoms with E-state index in [0.29, 0.717) is 35.1 Å². The summed E-state index contributed by atoms with van der Waals surface area (Å²) in [5.74, 6) is 0.193. The first-order valence-electron chi connectivity index (χ1n) is 7.23.